The number of aliphatic hydroxyl groups is 1. The van der Waals surface area contributed by atoms with E-state index in [1.807, 2.05) is 38.1 Å². The van der Waals surface area contributed by atoms with Gasteiger partial charge in [-0.05, 0) is 72.4 Å². The number of nitrogens with one attached hydrogen (secondary N) is 1. The van der Waals surface area contributed by atoms with Gasteiger partial charge in [-0.2, -0.15) is 0 Å². The van der Waals surface area contributed by atoms with Crippen molar-refractivity contribution in [1.29, 1.82) is 0 Å². The Morgan fingerprint density at radius 3 is 2.40 bits per heavy atom. The van der Waals surface area contributed by atoms with Gasteiger partial charge in [-0.3, -0.25) is 4.79 Å². The van der Waals surface area contributed by atoms with Crippen molar-refractivity contribution in [2.75, 3.05) is 58.6 Å². The Balaban J connectivity index is 1.57. The third kappa shape index (κ3) is 11.8. The van der Waals surface area contributed by atoms with Crippen molar-refractivity contribution in [1.82, 2.24) is 5.32 Å². The zero-order chi connectivity index (χ0) is 32.8. The van der Waals surface area contributed by atoms with E-state index in [1.165, 1.54) is 0 Å². The van der Waals surface area contributed by atoms with Gasteiger partial charge in [0, 0.05) is 57.4 Å². The summed E-state index contributed by atoms with van der Waals surface area (Å²) in [4.78, 5) is 15.7. The first-order valence-corrected chi connectivity index (χ1v) is 16.5. The summed E-state index contributed by atoms with van der Waals surface area (Å²) in [6.45, 7) is 13.2. The number of rotatable bonds is 19. The third-order valence-electron chi connectivity index (χ3n) is 8.88. The van der Waals surface area contributed by atoms with Crippen molar-refractivity contribution in [3.8, 4) is 11.5 Å². The highest BCUT2D eigenvalue weighted by Crippen LogP contribution is 2.32. The van der Waals surface area contributed by atoms with Gasteiger partial charge in [-0.1, -0.05) is 45.9 Å². The number of ether oxygens (including phenoxy) is 4. The summed E-state index contributed by atoms with van der Waals surface area (Å²) in [7, 11) is 3.32. The fourth-order valence-electron chi connectivity index (χ4n) is 5.87. The smallest absolute Gasteiger partial charge is 0.223 e. The van der Waals surface area contributed by atoms with E-state index in [4.69, 9.17) is 24.7 Å². The van der Waals surface area contributed by atoms with E-state index in [2.05, 4.69) is 42.3 Å². The summed E-state index contributed by atoms with van der Waals surface area (Å²) < 4.78 is 22.1. The fourth-order valence-corrected chi connectivity index (χ4v) is 5.87. The predicted molar refractivity (Wildman–Crippen MR) is 180 cm³/mol. The molecule has 0 bridgehead atoms. The van der Waals surface area contributed by atoms with Crippen LogP contribution in [0.2, 0.25) is 0 Å². The lowest BCUT2D eigenvalue weighted by atomic mass is 9.81. The van der Waals surface area contributed by atoms with Gasteiger partial charge in [0.2, 0.25) is 5.91 Å². The molecule has 1 saturated heterocycles. The van der Waals surface area contributed by atoms with Gasteiger partial charge in [0.25, 0.3) is 0 Å². The van der Waals surface area contributed by atoms with E-state index in [9.17, 15) is 9.90 Å². The summed E-state index contributed by atoms with van der Waals surface area (Å²) in [5.41, 5.74) is 9.96. The highest BCUT2D eigenvalue weighted by Gasteiger charge is 2.30. The lowest BCUT2D eigenvalue weighted by Gasteiger charge is -2.30. The molecule has 0 radical (unpaired) electrons. The van der Waals surface area contributed by atoms with Crippen LogP contribution in [0, 0.1) is 23.7 Å². The summed E-state index contributed by atoms with van der Waals surface area (Å²) in [6.07, 6.45) is 1.78. The van der Waals surface area contributed by atoms with E-state index in [0.717, 1.165) is 61.7 Å². The van der Waals surface area contributed by atoms with Gasteiger partial charge < -0.3 is 40.0 Å². The Morgan fingerprint density at radius 2 is 1.73 bits per heavy atom. The second kappa shape index (κ2) is 19.0. The summed E-state index contributed by atoms with van der Waals surface area (Å²) >= 11 is 0. The molecule has 0 unspecified atom stereocenters. The van der Waals surface area contributed by atoms with Crippen LogP contribution < -0.4 is 25.4 Å². The third-order valence-corrected chi connectivity index (χ3v) is 8.88. The molecule has 9 heteroatoms. The standard InChI is InChI=1S/C36H57N3O6/c1-25(2)29(19-27-11-12-34(43-6)35(21-27)45-16-8-15-42-5)22-32(37)33(40)23-31(26(3)4)36(41)38-24-28-9-7-10-30(20-28)39-13-17-44-18-14-39/h7,9-12,20-21,25-26,29,31-33,40H,8,13-19,22-24,37H2,1-6H3,(H,38,41)/t29-,31-,32-,33-/m0/s1. The first-order chi connectivity index (χ1) is 21.6. The monoisotopic (exact) mass is 627 g/mol. The van der Waals surface area contributed by atoms with E-state index >= 15 is 0 Å². The molecule has 1 fully saturated rings. The van der Waals surface area contributed by atoms with Crippen molar-refractivity contribution in [2.24, 2.45) is 29.4 Å². The minimum absolute atomic E-state index is 0.0512. The van der Waals surface area contributed by atoms with E-state index in [1.54, 1.807) is 14.2 Å². The SMILES string of the molecule is COCCCOc1cc(C[C@@H](C[C@H](N)[C@@H](O)C[C@H](C(=O)NCc2cccc(N3CCOCC3)c2)C(C)C)C(C)C)ccc1OC. The van der Waals surface area contributed by atoms with Crippen molar-refractivity contribution in [3.63, 3.8) is 0 Å². The predicted octanol–water partition coefficient (Wildman–Crippen LogP) is 4.82. The van der Waals surface area contributed by atoms with Crippen LogP contribution in [-0.2, 0) is 27.2 Å². The number of anilines is 1. The number of nitrogens with two attached hydrogens (primary N) is 1. The molecule has 3 rings (SSSR count). The van der Waals surface area contributed by atoms with Gasteiger partial charge in [-0.15, -0.1) is 0 Å². The quantitative estimate of drug-likeness (QED) is 0.190. The van der Waals surface area contributed by atoms with Gasteiger partial charge in [0.1, 0.15) is 0 Å². The van der Waals surface area contributed by atoms with Gasteiger partial charge in [0.15, 0.2) is 11.5 Å². The Bertz CT molecular complexity index is 1150. The van der Waals surface area contributed by atoms with Crippen LogP contribution in [-0.4, -0.2) is 76.9 Å². The number of aliphatic hydroxyl groups excluding tert-OH is 1. The molecule has 252 valence electrons. The molecule has 2 aromatic carbocycles. The molecule has 1 amide bonds. The number of benzene rings is 2. The fraction of sp³-hybridized carbons (Fsp3) is 0.639. The van der Waals surface area contributed by atoms with E-state index in [-0.39, 0.29) is 23.7 Å². The van der Waals surface area contributed by atoms with Gasteiger partial charge in [0.05, 0.1) is 33.0 Å². The maximum atomic E-state index is 13.4. The molecule has 4 N–H and O–H groups in total. The summed E-state index contributed by atoms with van der Waals surface area (Å²) in [5.74, 6) is 1.69. The minimum atomic E-state index is -0.787. The minimum Gasteiger partial charge on any atom is -0.493 e. The largest absolute Gasteiger partial charge is 0.493 e. The molecule has 0 aliphatic carbocycles. The number of amides is 1. The normalized spacial score (nSPS) is 16.4. The molecule has 0 saturated carbocycles. The second-order valence-corrected chi connectivity index (χ2v) is 12.9. The number of hydrogen-bond donors (Lipinski definition) is 3. The first-order valence-electron chi connectivity index (χ1n) is 16.5. The molecule has 0 aromatic heterocycles. The topological polar surface area (TPSA) is 116 Å². The highest BCUT2D eigenvalue weighted by atomic mass is 16.5. The van der Waals surface area contributed by atoms with Crippen LogP contribution in [0.15, 0.2) is 42.5 Å². The number of hydrogen-bond acceptors (Lipinski definition) is 8. The van der Waals surface area contributed by atoms with Crippen LogP contribution in [0.5, 0.6) is 11.5 Å². The van der Waals surface area contributed by atoms with Crippen LogP contribution >= 0.6 is 0 Å². The van der Waals surface area contributed by atoms with Crippen LogP contribution in [0.1, 0.15) is 58.1 Å². The van der Waals surface area contributed by atoms with Crippen molar-refractivity contribution in [3.05, 3.63) is 53.6 Å². The Morgan fingerprint density at radius 1 is 0.978 bits per heavy atom. The lowest BCUT2D eigenvalue weighted by molar-refractivity contribution is -0.127. The first kappa shape index (κ1) is 36.6. The maximum Gasteiger partial charge on any atom is 0.223 e. The molecule has 1 aliphatic rings. The highest BCUT2D eigenvalue weighted by molar-refractivity contribution is 5.79. The van der Waals surface area contributed by atoms with E-state index < -0.39 is 12.1 Å². The summed E-state index contributed by atoms with van der Waals surface area (Å²) in [5, 5.41) is 14.4. The zero-order valence-corrected chi connectivity index (χ0v) is 28.3. The zero-order valence-electron chi connectivity index (χ0n) is 28.3. The number of nitrogens with zero attached hydrogens (tertiary/aromatic N) is 1. The maximum absolute atomic E-state index is 13.4. The molecule has 2 aromatic rings. The van der Waals surface area contributed by atoms with Crippen LogP contribution in [0.25, 0.3) is 0 Å². The molecule has 1 heterocycles. The van der Waals surface area contributed by atoms with Crippen molar-refractivity contribution in [2.45, 2.75) is 72.1 Å². The Kier molecular flexibility index (Phi) is 15.4. The Labute approximate surface area is 270 Å². The number of carbonyl (C=O) groups excluding carboxylic acids is 1. The average Bonchev–Trinajstić information content (AvgIpc) is 3.04. The number of carbonyl (C=O) groups is 1. The number of morpholine rings is 1. The second-order valence-electron chi connectivity index (χ2n) is 12.9. The molecule has 1 aliphatic heterocycles. The molecule has 0 spiro atoms. The van der Waals surface area contributed by atoms with Crippen LogP contribution in [0.3, 0.4) is 0 Å². The van der Waals surface area contributed by atoms with Gasteiger partial charge >= 0.3 is 0 Å². The molecular formula is C36H57N3O6. The van der Waals surface area contributed by atoms with E-state index in [0.29, 0.717) is 44.3 Å². The molecule has 4 atom stereocenters. The van der Waals surface area contributed by atoms with Gasteiger partial charge in [-0.25, -0.2) is 0 Å². The number of methoxy groups -OCH3 is 2. The van der Waals surface area contributed by atoms with Crippen molar-refractivity contribution < 1.29 is 28.8 Å². The van der Waals surface area contributed by atoms with Crippen LogP contribution in [0.4, 0.5) is 5.69 Å². The molecule has 45 heavy (non-hydrogen) atoms. The molecular weight excluding hydrogens is 570 g/mol. The molecule has 9 nitrogen and oxygen atoms in total. The van der Waals surface area contributed by atoms with Crippen molar-refractivity contribution >= 4 is 11.6 Å². The average molecular weight is 628 g/mol. The summed E-state index contributed by atoms with van der Waals surface area (Å²) in [6, 6.07) is 13.9. The Hall–Kier alpha value is -2.85. The lowest BCUT2D eigenvalue weighted by Crippen LogP contribution is -2.42.